The van der Waals surface area contributed by atoms with Gasteiger partial charge in [0.25, 0.3) is 0 Å². The second kappa shape index (κ2) is 14.2. The van der Waals surface area contributed by atoms with Crippen LogP contribution in [0.15, 0.2) is 91.0 Å². The minimum Gasteiger partial charge on any atom is -0.374 e. The van der Waals surface area contributed by atoms with Crippen molar-refractivity contribution in [3.63, 3.8) is 0 Å². The Morgan fingerprint density at radius 2 is 1.14 bits per heavy atom. The SMILES string of the molecule is NCCO[C@H]1[C@H](OCc2ccccc2)[C@@H](OCc2ccccc2)[C@H](O)O[C@@H]1COCc1ccccc1. The van der Waals surface area contributed by atoms with Crippen LogP contribution < -0.4 is 5.73 Å². The molecule has 192 valence electrons. The van der Waals surface area contributed by atoms with Gasteiger partial charge >= 0.3 is 0 Å². The van der Waals surface area contributed by atoms with Gasteiger partial charge in [-0.05, 0) is 16.7 Å². The molecule has 1 heterocycles. The van der Waals surface area contributed by atoms with Crippen LogP contribution in [0.1, 0.15) is 16.7 Å². The molecule has 0 spiro atoms. The average Bonchev–Trinajstić information content (AvgIpc) is 2.92. The molecular formula is C29H35NO6. The lowest BCUT2D eigenvalue weighted by Gasteiger charge is -2.44. The summed E-state index contributed by atoms with van der Waals surface area (Å²) in [5, 5.41) is 11.0. The first-order valence-corrected chi connectivity index (χ1v) is 12.3. The predicted octanol–water partition coefficient (Wildman–Crippen LogP) is 3.44. The molecule has 3 aromatic carbocycles. The number of hydrogen-bond acceptors (Lipinski definition) is 7. The number of aliphatic hydroxyl groups is 1. The quantitative estimate of drug-likeness (QED) is 0.377. The molecule has 0 unspecified atom stereocenters. The molecule has 1 aliphatic rings. The average molecular weight is 494 g/mol. The summed E-state index contributed by atoms with van der Waals surface area (Å²) in [6.45, 7) is 1.94. The maximum atomic E-state index is 11.0. The third kappa shape index (κ3) is 7.69. The Hall–Kier alpha value is -2.62. The maximum absolute atomic E-state index is 11.0. The zero-order chi connectivity index (χ0) is 25.0. The van der Waals surface area contributed by atoms with Gasteiger partial charge in [0, 0.05) is 6.54 Å². The molecular weight excluding hydrogens is 458 g/mol. The normalized spacial score (nSPS) is 24.0. The van der Waals surface area contributed by atoms with Crippen LogP contribution in [0.5, 0.6) is 0 Å². The molecule has 7 nitrogen and oxygen atoms in total. The van der Waals surface area contributed by atoms with E-state index in [9.17, 15) is 5.11 Å². The Kier molecular flexibility index (Phi) is 10.4. The van der Waals surface area contributed by atoms with E-state index in [0.717, 1.165) is 16.7 Å². The molecule has 0 amide bonds. The van der Waals surface area contributed by atoms with Crippen molar-refractivity contribution in [1.29, 1.82) is 0 Å². The highest BCUT2D eigenvalue weighted by Crippen LogP contribution is 2.29. The monoisotopic (exact) mass is 493 g/mol. The van der Waals surface area contributed by atoms with Gasteiger partial charge in [0.1, 0.15) is 24.4 Å². The lowest BCUT2D eigenvalue weighted by Crippen LogP contribution is -2.61. The van der Waals surface area contributed by atoms with Crippen molar-refractivity contribution in [2.24, 2.45) is 5.73 Å². The smallest absolute Gasteiger partial charge is 0.184 e. The van der Waals surface area contributed by atoms with Crippen molar-refractivity contribution in [1.82, 2.24) is 0 Å². The van der Waals surface area contributed by atoms with E-state index in [2.05, 4.69) is 0 Å². The molecule has 4 rings (SSSR count). The second-order valence-corrected chi connectivity index (χ2v) is 8.71. The first-order chi connectivity index (χ1) is 17.7. The fraction of sp³-hybridized carbons (Fsp3) is 0.379. The number of hydrogen-bond donors (Lipinski definition) is 2. The number of rotatable bonds is 13. The van der Waals surface area contributed by atoms with Gasteiger partial charge in [-0.2, -0.15) is 0 Å². The van der Waals surface area contributed by atoms with Gasteiger partial charge in [-0.1, -0.05) is 91.0 Å². The Balaban J connectivity index is 1.49. The van der Waals surface area contributed by atoms with Crippen molar-refractivity contribution in [2.75, 3.05) is 19.8 Å². The van der Waals surface area contributed by atoms with E-state index >= 15 is 0 Å². The lowest BCUT2D eigenvalue weighted by atomic mass is 9.98. The fourth-order valence-electron chi connectivity index (χ4n) is 4.20. The third-order valence-electron chi connectivity index (χ3n) is 6.00. The number of ether oxygens (including phenoxy) is 5. The summed E-state index contributed by atoms with van der Waals surface area (Å²) < 4.78 is 30.6. The molecule has 0 saturated carbocycles. The minimum absolute atomic E-state index is 0.220. The van der Waals surface area contributed by atoms with Crippen LogP contribution in [0.2, 0.25) is 0 Å². The van der Waals surface area contributed by atoms with Gasteiger partial charge in [-0.15, -0.1) is 0 Å². The highest BCUT2D eigenvalue weighted by molar-refractivity contribution is 5.15. The maximum Gasteiger partial charge on any atom is 0.184 e. The standard InChI is InChI=1S/C29H35NO6/c30-16-17-33-26-25(21-32-18-22-10-4-1-5-11-22)36-29(31)28(35-20-24-14-8-3-9-15-24)27(26)34-19-23-12-6-2-7-13-23/h1-15,25-29,31H,16-21,30H2/t25-,26-,27+,28-,29-/m1/s1. The summed E-state index contributed by atoms with van der Waals surface area (Å²) >= 11 is 0. The molecule has 1 saturated heterocycles. The molecule has 3 N–H and O–H groups in total. The summed E-state index contributed by atoms with van der Waals surface area (Å²) in [5.41, 5.74) is 8.80. The van der Waals surface area contributed by atoms with Crippen LogP contribution in [0.3, 0.4) is 0 Å². The predicted molar refractivity (Wildman–Crippen MR) is 136 cm³/mol. The Bertz CT molecular complexity index is 990. The topological polar surface area (TPSA) is 92.4 Å². The Morgan fingerprint density at radius 3 is 1.67 bits per heavy atom. The zero-order valence-electron chi connectivity index (χ0n) is 20.4. The second-order valence-electron chi connectivity index (χ2n) is 8.71. The fourth-order valence-corrected chi connectivity index (χ4v) is 4.20. The van der Waals surface area contributed by atoms with E-state index in [1.165, 1.54) is 0 Å². The highest BCUT2D eigenvalue weighted by atomic mass is 16.7. The molecule has 1 aliphatic heterocycles. The third-order valence-corrected chi connectivity index (χ3v) is 6.00. The van der Waals surface area contributed by atoms with Gasteiger partial charge in [-0.25, -0.2) is 0 Å². The van der Waals surface area contributed by atoms with E-state index in [0.29, 0.717) is 33.0 Å². The van der Waals surface area contributed by atoms with E-state index in [1.54, 1.807) is 0 Å². The van der Waals surface area contributed by atoms with Gasteiger partial charge in [-0.3, -0.25) is 0 Å². The molecule has 0 aliphatic carbocycles. The molecule has 3 aromatic rings. The minimum atomic E-state index is -1.21. The van der Waals surface area contributed by atoms with Crippen LogP contribution in [-0.4, -0.2) is 55.6 Å². The summed E-state index contributed by atoms with van der Waals surface area (Å²) in [4.78, 5) is 0. The Morgan fingerprint density at radius 1 is 0.639 bits per heavy atom. The summed E-state index contributed by atoms with van der Waals surface area (Å²) in [6, 6.07) is 29.5. The summed E-state index contributed by atoms with van der Waals surface area (Å²) in [7, 11) is 0. The van der Waals surface area contributed by atoms with Crippen LogP contribution in [0.4, 0.5) is 0 Å². The van der Waals surface area contributed by atoms with Gasteiger partial charge in [0.15, 0.2) is 6.29 Å². The number of aliphatic hydroxyl groups excluding tert-OH is 1. The van der Waals surface area contributed by atoms with Crippen molar-refractivity contribution in [3.05, 3.63) is 108 Å². The Labute approximate surface area is 212 Å². The molecule has 1 fully saturated rings. The summed E-state index contributed by atoms with van der Waals surface area (Å²) in [6.07, 6.45) is -3.68. The molecule has 0 aromatic heterocycles. The van der Waals surface area contributed by atoms with Crippen LogP contribution >= 0.6 is 0 Å². The molecule has 36 heavy (non-hydrogen) atoms. The van der Waals surface area contributed by atoms with Crippen molar-refractivity contribution in [3.8, 4) is 0 Å². The van der Waals surface area contributed by atoms with Gasteiger partial charge in [0.05, 0.1) is 33.0 Å². The van der Waals surface area contributed by atoms with Crippen LogP contribution in [-0.2, 0) is 43.5 Å². The van der Waals surface area contributed by atoms with E-state index in [1.807, 2.05) is 91.0 Å². The molecule has 5 atom stereocenters. The van der Waals surface area contributed by atoms with Crippen LogP contribution in [0, 0.1) is 0 Å². The van der Waals surface area contributed by atoms with Crippen molar-refractivity contribution in [2.45, 2.75) is 50.5 Å². The molecule has 0 bridgehead atoms. The first-order valence-electron chi connectivity index (χ1n) is 12.3. The molecule has 0 radical (unpaired) electrons. The largest absolute Gasteiger partial charge is 0.374 e. The number of nitrogens with two attached hydrogens (primary N) is 1. The van der Waals surface area contributed by atoms with E-state index in [4.69, 9.17) is 29.4 Å². The van der Waals surface area contributed by atoms with Crippen LogP contribution in [0.25, 0.3) is 0 Å². The van der Waals surface area contributed by atoms with Gasteiger partial charge < -0.3 is 34.5 Å². The summed E-state index contributed by atoms with van der Waals surface area (Å²) in [5.74, 6) is 0. The molecule has 7 heteroatoms. The van der Waals surface area contributed by atoms with E-state index in [-0.39, 0.29) is 6.61 Å². The van der Waals surface area contributed by atoms with Crippen molar-refractivity contribution >= 4 is 0 Å². The zero-order valence-corrected chi connectivity index (χ0v) is 20.4. The van der Waals surface area contributed by atoms with E-state index < -0.39 is 30.7 Å². The van der Waals surface area contributed by atoms with Crippen molar-refractivity contribution < 1.29 is 28.8 Å². The number of benzene rings is 3. The van der Waals surface area contributed by atoms with Gasteiger partial charge in [0.2, 0.25) is 0 Å². The first kappa shape index (κ1) is 26.4. The lowest BCUT2D eigenvalue weighted by molar-refractivity contribution is -0.315. The highest BCUT2D eigenvalue weighted by Gasteiger charge is 2.47.